The predicted octanol–water partition coefficient (Wildman–Crippen LogP) is -2.45. The molecule has 2 aromatic rings. The first-order valence-electron chi connectivity index (χ1n) is 11.6. The van der Waals surface area contributed by atoms with E-state index in [0.29, 0.717) is 36.5 Å². The van der Waals surface area contributed by atoms with Gasteiger partial charge in [-0.15, -0.1) is 11.8 Å². The molecule has 0 aliphatic carbocycles. The number of hydrogen-bond acceptors (Lipinski definition) is 10. The maximum absolute atomic E-state index is 12.7. The van der Waals surface area contributed by atoms with Crippen molar-refractivity contribution >= 4 is 47.3 Å². The average Bonchev–Trinajstić information content (AvgIpc) is 3.50. The molecule has 2 amide bonds. The number of ether oxygens (including phenoxy) is 1. The van der Waals surface area contributed by atoms with E-state index in [4.69, 9.17) is 4.74 Å². The number of carbonyl (C=O) groups is 4. The molecular formula is C24H20N5NaO8S. The molecule has 1 aromatic heterocycles. The molecular weight excluding hydrogens is 541 g/mol. The number of carbonyl (C=O) groups excluding carboxylic acids is 4. The zero-order valence-electron chi connectivity index (χ0n) is 20.8. The summed E-state index contributed by atoms with van der Waals surface area (Å²) in [5, 5.41) is 27.3. The van der Waals surface area contributed by atoms with E-state index in [2.05, 4.69) is 5.10 Å². The van der Waals surface area contributed by atoms with Crippen LogP contribution in [0.15, 0.2) is 47.0 Å². The van der Waals surface area contributed by atoms with Gasteiger partial charge >= 0.3 is 35.5 Å². The fourth-order valence-electron chi connectivity index (χ4n) is 4.31. The van der Waals surface area contributed by atoms with E-state index < -0.39 is 28.1 Å². The molecule has 13 nitrogen and oxygen atoms in total. The van der Waals surface area contributed by atoms with Gasteiger partial charge in [-0.05, 0) is 35.2 Å². The van der Waals surface area contributed by atoms with E-state index in [0.717, 1.165) is 5.69 Å². The van der Waals surface area contributed by atoms with Crippen molar-refractivity contribution in [2.24, 2.45) is 0 Å². The smallest absolute Gasteiger partial charge is 0.543 e. The Morgan fingerprint density at radius 2 is 1.92 bits per heavy atom. The molecule has 4 heterocycles. The summed E-state index contributed by atoms with van der Waals surface area (Å²) in [6.45, 7) is 1.10. The number of nitro benzene ring substituents is 1. The van der Waals surface area contributed by atoms with E-state index in [9.17, 15) is 34.4 Å². The van der Waals surface area contributed by atoms with Crippen LogP contribution in [0.25, 0.3) is 6.08 Å². The van der Waals surface area contributed by atoms with Crippen LogP contribution in [0.5, 0.6) is 0 Å². The van der Waals surface area contributed by atoms with Gasteiger partial charge in [-0.25, -0.2) is 0 Å². The second kappa shape index (κ2) is 11.7. The topological polar surface area (TPSA) is 168 Å². The number of carboxylic acids is 1. The average molecular weight is 562 g/mol. The van der Waals surface area contributed by atoms with Gasteiger partial charge in [0.25, 0.3) is 11.6 Å². The summed E-state index contributed by atoms with van der Waals surface area (Å²) < 4.78 is 6.92. The zero-order valence-corrected chi connectivity index (χ0v) is 23.6. The molecule has 1 unspecified atom stereocenters. The minimum Gasteiger partial charge on any atom is -0.543 e. The Labute approximate surface area is 247 Å². The van der Waals surface area contributed by atoms with Gasteiger partial charge in [0.05, 0.1) is 53.1 Å². The molecule has 0 bridgehead atoms. The number of non-ortho nitro benzene ring substituents is 1. The van der Waals surface area contributed by atoms with Crippen molar-refractivity contribution in [2.75, 3.05) is 6.54 Å². The van der Waals surface area contributed by atoms with Crippen LogP contribution in [-0.2, 0) is 43.6 Å². The van der Waals surface area contributed by atoms with Crippen molar-refractivity contribution in [2.45, 2.75) is 37.9 Å². The first-order valence-corrected chi connectivity index (χ1v) is 12.5. The third-order valence-corrected chi connectivity index (χ3v) is 7.39. The monoisotopic (exact) mass is 561 g/mol. The normalized spacial score (nSPS) is 18.5. The van der Waals surface area contributed by atoms with Gasteiger partial charge < -0.3 is 19.5 Å². The Hall–Kier alpha value is -3.46. The van der Waals surface area contributed by atoms with Crippen molar-refractivity contribution in [3.8, 4) is 0 Å². The number of esters is 1. The quantitative estimate of drug-likeness (QED) is 0.0843. The first kappa shape index (κ1) is 28.5. The minimum absolute atomic E-state index is 0. The first-order chi connectivity index (χ1) is 18.2. The second-order valence-corrected chi connectivity index (χ2v) is 9.69. The number of nitro groups is 1. The number of thioether (sulfide) groups is 1. The van der Waals surface area contributed by atoms with Gasteiger partial charge in [0.2, 0.25) is 5.91 Å². The van der Waals surface area contributed by atoms with Crippen LogP contribution >= 0.6 is 11.8 Å². The predicted molar refractivity (Wildman–Crippen MR) is 129 cm³/mol. The number of β-lactam (4-membered cyclic amide) rings is 1. The van der Waals surface area contributed by atoms with Gasteiger partial charge in [-0.1, -0.05) is 0 Å². The summed E-state index contributed by atoms with van der Waals surface area (Å²) in [5.74, 6) is -2.56. The Morgan fingerprint density at radius 1 is 1.18 bits per heavy atom. The van der Waals surface area contributed by atoms with Crippen LogP contribution in [-0.4, -0.2) is 60.2 Å². The Kier molecular flexibility index (Phi) is 8.59. The van der Waals surface area contributed by atoms with E-state index in [1.807, 2.05) is 0 Å². The van der Waals surface area contributed by atoms with E-state index in [-0.39, 0.29) is 66.3 Å². The van der Waals surface area contributed by atoms with Crippen LogP contribution in [0.2, 0.25) is 0 Å². The SMILES string of the molecule is O=C(CCC(=O)N1CCn2nc(/C=C3/C(=O)N4C(C(=O)[O-])=CSC34)cc2C1)OCc1ccc([N+](=O)[O-])cc1.[Na+]. The molecule has 5 rings (SSSR count). The Morgan fingerprint density at radius 3 is 2.62 bits per heavy atom. The third-order valence-electron chi connectivity index (χ3n) is 6.31. The molecule has 3 aliphatic rings. The van der Waals surface area contributed by atoms with Crippen molar-refractivity contribution in [3.63, 3.8) is 0 Å². The van der Waals surface area contributed by atoms with Crippen LogP contribution in [0, 0.1) is 10.1 Å². The number of aliphatic carboxylic acids is 1. The molecule has 15 heteroatoms. The number of amides is 2. The molecule has 196 valence electrons. The van der Waals surface area contributed by atoms with Crippen LogP contribution in [0.3, 0.4) is 0 Å². The summed E-state index contributed by atoms with van der Waals surface area (Å²) in [5.41, 5.74) is 2.15. The molecule has 0 saturated carbocycles. The van der Waals surface area contributed by atoms with E-state index in [1.165, 1.54) is 46.3 Å². The maximum Gasteiger partial charge on any atom is 1.00 e. The van der Waals surface area contributed by atoms with Gasteiger partial charge in [0.1, 0.15) is 12.0 Å². The molecule has 0 spiro atoms. The van der Waals surface area contributed by atoms with Gasteiger partial charge in [0.15, 0.2) is 0 Å². The summed E-state index contributed by atoms with van der Waals surface area (Å²) >= 11 is 1.21. The van der Waals surface area contributed by atoms with E-state index in [1.54, 1.807) is 21.7 Å². The minimum atomic E-state index is -1.40. The fraction of sp³-hybridized carbons (Fsp3) is 0.292. The molecule has 0 N–H and O–H groups in total. The third kappa shape index (κ3) is 5.93. The molecule has 3 aliphatic heterocycles. The number of hydrogen-bond donors (Lipinski definition) is 0. The number of benzene rings is 1. The molecule has 1 aromatic carbocycles. The maximum atomic E-state index is 12.7. The van der Waals surface area contributed by atoms with Crippen molar-refractivity contribution in [1.29, 1.82) is 0 Å². The van der Waals surface area contributed by atoms with Gasteiger partial charge in [-0.2, -0.15) is 5.10 Å². The van der Waals surface area contributed by atoms with Crippen molar-refractivity contribution in [3.05, 3.63) is 74.1 Å². The number of carboxylic acid groups (broad SMARTS) is 1. The van der Waals surface area contributed by atoms with Crippen molar-refractivity contribution in [1.82, 2.24) is 19.6 Å². The summed E-state index contributed by atoms with van der Waals surface area (Å²) in [6, 6.07) is 7.43. The van der Waals surface area contributed by atoms with Crippen molar-refractivity contribution < 1.29 is 63.5 Å². The molecule has 39 heavy (non-hydrogen) atoms. The number of nitrogens with zero attached hydrogens (tertiary/aromatic N) is 5. The molecule has 1 fully saturated rings. The number of aromatic nitrogens is 2. The standard InChI is InChI=1S/C24H21N5O8S.Na/c30-20(5-6-21(31)37-12-14-1-3-16(4-2-14)29(35)36)26-7-8-27-17(11-26)9-15(25-27)10-18-22(32)28-19(24(33)34)13-38-23(18)28;/h1-4,9-10,13,23H,5-8,11-12H2,(H,33,34);/q;+1/p-1/b18-10-;. The van der Waals surface area contributed by atoms with E-state index >= 15 is 0 Å². The van der Waals surface area contributed by atoms with Gasteiger partial charge in [0, 0.05) is 25.1 Å². The molecule has 1 saturated heterocycles. The van der Waals surface area contributed by atoms with Crippen LogP contribution in [0.4, 0.5) is 5.69 Å². The summed E-state index contributed by atoms with van der Waals surface area (Å²) in [6.07, 6.45) is 1.50. The van der Waals surface area contributed by atoms with Crippen LogP contribution < -0.4 is 34.7 Å². The Bertz CT molecular complexity index is 1420. The Balaban J connectivity index is 0.00000353. The zero-order chi connectivity index (χ0) is 27.0. The number of rotatable bonds is 8. The largest absolute Gasteiger partial charge is 1.00 e. The second-order valence-electron chi connectivity index (χ2n) is 8.74. The molecule has 1 atom stereocenters. The fourth-order valence-corrected chi connectivity index (χ4v) is 5.42. The molecule has 0 radical (unpaired) electrons. The van der Waals surface area contributed by atoms with Crippen LogP contribution in [0.1, 0.15) is 29.8 Å². The summed E-state index contributed by atoms with van der Waals surface area (Å²) in [7, 11) is 0. The van der Waals surface area contributed by atoms with Gasteiger partial charge in [-0.3, -0.25) is 34.1 Å². The number of fused-ring (bicyclic) bond motifs is 2. The summed E-state index contributed by atoms with van der Waals surface area (Å²) in [4.78, 5) is 61.3.